The monoisotopic (exact) mass is 264 g/mol. The SMILES string of the molecule is O=C(Cc1cccc(F)c1)Nc1ccnc(Cl)c1. The van der Waals surface area contributed by atoms with E-state index in [0.717, 1.165) is 0 Å². The zero-order valence-corrected chi connectivity index (χ0v) is 10.1. The Morgan fingerprint density at radius 1 is 1.33 bits per heavy atom. The molecular formula is C13H10ClFN2O. The Balaban J connectivity index is 2.01. The number of pyridine rings is 1. The molecule has 0 unspecified atom stereocenters. The molecule has 1 N–H and O–H groups in total. The molecule has 0 atom stereocenters. The topological polar surface area (TPSA) is 42.0 Å². The lowest BCUT2D eigenvalue weighted by Gasteiger charge is -2.05. The highest BCUT2D eigenvalue weighted by Crippen LogP contribution is 2.12. The van der Waals surface area contributed by atoms with Crippen molar-refractivity contribution in [2.45, 2.75) is 6.42 Å². The van der Waals surface area contributed by atoms with Crippen LogP contribution in [0.15, 0.2) is 42.6 Å². The first-order valence-electron chi connectivity index (χ1n) is 5.29. The van der Waals surface area contributed by atoms with Crippen LogP contribution in [-0.2, 0) is 11.2 Å². The number of carbonyl (C=O) groups is 1. The molecule has 2 rings (SSSR count). The largest absolute Gasteiger partial charge is 0.326 e. The molecule has 1 aromatic heterocycles. The van der Waals surface area contributed by atoms with Crippen molar-refractivity contribution in [1.29, 1.82) is 0 Å². The molecular weight excluding hydrogens is 255 g/mol. The van der Waals surface area contributed by atoms with Crippen LogP contribution < -0.4 is 5.32 Å². The molecule has 1 heterocycles. The second kappa shape index (κ2) is 5.60. The van der Waals surface area contributed by atoms with Crippen molar-refractivity contribution in [3.8, 4) is 0 Å². The number of anilines is 1. The van der Waals surface area contributed by atoms with E-state index >= 15 is 0 Å². The van der Waals surface area contributed by atoms with E-state index in [1.54, 1.807) is 24.3 Å². The Morgan fingerprint density at radius 3 is 2.89 bits per heavy atom. The van der Waals surface area contributed by atoms with Gasteiger partial charge >= 0.3 is 0 Å². The smallest absolute Gasteiger partial charge is 0.228 e. The van der Waals surface area contributed by atoms with Crippen molar-refractivity contribution in [2.75, 3.05) is 5.32 Å². The molecule has 18 heavy (non-hydrogen) atoms. The Kier molecular flexibility index (Phi) is 3.89. The van der Waals surface area contributed by atoms with Crippen LogP contribution in [0.25, 0.3) is 0 Å². The molecule has 0 radical (unpaired) electrons. The van der Waals surface area contributed by atoms with Gasteiger partial charge in [-0.25, -0.2) is 9.37 Å². The molecule has 0 fully saturated rings. The van der Waals surface area contributed by atoms with Gasteiger partial charge in [-0.3, -0.25) is 4.79 Å². The number of carbonyl (C=O) groups excluding carboxylic acids is 1. The van der Waals surface area contributed by atoms with Crippen molar-refractivity contribution in [3.63, 3.8) is 0 Å². The fourth-order valence-electron chi connectivity index (χ4n) is 1.52. The molecule has 92 valence electrons. The van der Waals surface area contributed by atoms with Crippen molar-refractivity contribution >= 4 is 23.2 Å². The van der Waals surface area contributed by atoms with Crippen LogP contribution in [0, 0.1) is 5.82 Å². The summed E-state index contributed by atoms with van der Waals surface area (Å²) in [6.45, 7) is 0. The van der Waals surface area contributed by atoms with Gasteiger partial charge in [0, 0.05) is 11.9 Å². The second-order valence-electron chi connectivity index (χ2n) is 3.72. The molecule has 1 amide bonds. The van der Waals surface area contributed by atoms with Gasteiger partial charge in [0.1, 0.15) is 11.0 Å². The predicted molar refractivity (Wildman–Crippen MR) is 68.0 cm³/mol. The van der Waals surface area contributed by atoms with Gasteiger partial charge in [0.05, 0.1) is 6.42 Å². The molecule has 2 aromatic rings. The molecule has 0 saturated heterocycles. The number of nitrogens with one attached hydrogen (secondary N) is 1. The first kappa shape index (κ1) is 12.5. The molecule has 1 aromatic carbocycles. The summed E-state index contributed by atoms with van der Waals surface area (Å²) in [6.07, 6.45) is 1.61. The Hall–Kier alpha value is -1.94. The lowest BCUT2D eigenvalue weighted by atomic mass is 10.1. The third-order valence-electron chi connectivity index (χ3n) is 2.26. The van der Waals surface area contributed by atoms with Crippen molar-refractivity contribution in [1.82, 2.24) is 4.98 Å². The number of amides is 1. The summed E-state index contributed by atoms with van der Waals surface area (Å²) in [5, 5.41) is 2.97. The standard InChI is InChI=1S/C13H10ClFN2O/c14-12-8-11(4-5-16-12)17-13(18)7-9-2-1-3-10(15)6-9/h1-6,8H,7H2,(H,16,17,18). The van der Waals surface area contributed by atoms with Crippen LogP contribution in [0.1, 0.15) is 5.56 Å². The van der Waals surface area contributed by atoms with Crippen LogP contribution in [0.3, 0.4) is 0 Å². The van der Waals surface area contributed by atoms with Gasteiger partial charge in [-0.15, -0.1) is 0 Å². The first-order valence-corrected chi connectivity index (χ1v) is 5.67. The fraction of sp³-hybridized carbons (Fsp3) is 0.0769. The summed E-state index contributed by atoms with van der Waals surface area (Å²) >= 11 is 5.70. The van der Waals surface area contributed by atoms with Gasteiger partial charge in [-0.1, -0.05) is 23.7 Å². The molecule has 0 aliphatic heterocycles. The van der Waals surface area contributed by atoms with Crippen LogP contribution in [0.4, 0.5) is 10.1 Å². The average Bonchev–Trinajstić information content (AvgIpc) is 2.28. The van der Waals surface area contributed by atoms with Gasteiger partial charge in [0.15, 0.2) is 0 Å². The third kappa shape index (κ3) is 3.53. The van der Waals surface area contributed by atoms with Gasteiger partial charge in [-0.2, -0.15) is 0 Å². The highest BCUT2D eigenvalue weighted by Gasteiger charge is 2.05. The first-order chi connectivity index (χ1) is 8.63. The summed E-state index contributed by atoms with van der Waals surface area (Å²) in [5.74, 6) is -0.588. The zero-order valence-electron chi connectivity index (χ0n) is 9.36. The van der Waals surface area contributed by atoms with E-state index in [0.29, 0.717) is 16.4 Å². The van der Waals surface area contributed by atoms with Crippen molar-refractivity contribution < 1.29 is 9.18 Å². The molecule has 3 nitrogen and oxygen atoms in total. The second-order valence-corrected chi connectivity index (χ2v) is 4.11. The number of hydrogen-bond acceptors (Lipinski definition) is 2. The van der Waals surface area contributed by atoms with E-state index in [1.807, 2.05) is 0 Å². The van der Waals surface area contributed by atoms with Crippen LogP contribution in [0.2, 0.25) is 5.15 Å². The molecule has 0 spiro atoms. The van der Waals surface area contributed by atoms with E-state index in [2.05, 4.69) is 10.3 Å². The van der Waals surface area contributed by atoms with E-state index in [9.17, 15) is 9.18 Å². The van der Waals surface area contributed by atoms with E-state index in [1.165, 1.54) is 18.3 Å². The fourth-order valence-corrected chi connectivity index (χ4v) is 1.69. The highest BCUT2D eigenvalue weighted by molar-refractivity contribution is 6.29. The normalized spacial score (nSPS) is 10.1. The molecule has 0 aliphatic rings. The quantitative estimate of drug-likeness (QED) is 0.866. The summed E-state index contributed by atoms with van der Waals surface area (Å²) < 4.78 is 12.9. The minimum absolute atomic E-state index is 0.109. The minimum Gasteiger partial charge on any atom is -0.326 e. The molecule has 0 saturated carbocycles. The van der Waals surface area contributed by atoms with Gasteiger partial charge in [-0.05, 0) is 29.8 Å². The van der Waals surface area contributed by atoms with Gasteiger partial charge in [0.25, 0.3) is 0 Å². The van der Waals surface area contributed by atoms with Crippen LogP contribution in [-0.4, -0.2) is 10.9 Å². The number of nitrogens with zero attached hydrogens (tertiary/aromatic N) is 1. The minimum atomic E-state index is -0.354. The maximum Gasteiger partial charge on any atom is 0.228 e. The zero-order chi connectivity index (χ0) is 13.0. The van der Waals surface area contributed by atoms with E-state index < -0.39 is 0 Å². The molecule has 0 bridgehead atoms. The Labute approximate surface area is 109 Å². The summed E-state index contributed by atoms with van der Waals surface area (Å²) in [5.41, 5.74) is 1.18. The third-order valence-corrected chi connectivity index (χ3v) is 2.47. The van der Waals surface area contributed by atoms with Gasteiger partial charge < -0.3 is 5.32 Å². The number of aromatic nitrogens is 1. The van der Waals surface area contributed by atoms with Crippen LogP contribution >= 0.6 is 11.6 Å². The molecule has 5 heteroatoms. The predicted octanol–water partition coefficient (Wildman–Crippen LogP) is 3.06. The maximum atomic E-state index is 12.9. The Morgan fingerprint density at radius 2 is 2.17 bits per heavy atom. The molecule has 0 aliphatic carbocycles. The van der Waals surface area contributed by atoms with E-state index in [4.69, 9.17) is 11.6 Å². The number of rotatable bonds is 3. The Bertz CT molecular complexity index is 525. The summed E-state index contributed by atoms with van der Waals surface area (Å²) in [4.78, 5) is 15.5. The van der Waals surface area contributed by atoms with Crippen molar-refractivity contribution in [2.24, 2.45) is 0 Å². The van der Waals surface area contributed by atoms with Gasteiger partial charge in [0.2, 0.25) is 5.91 Å². The maximum absolute atomic E-state index is 12.9. The van der Waals surface area contributed by atoms with Crippen LogP contribution in [0.5, 0.6) is 0 Å². The van der Waals surface area contributed by atoms with Crippen molar-refractivity contribution in [3.05, 3.63) is 59.1 Å². The summed E-state index contributed by atoms with van der Waals surface area (Å²) in [6, 6.07) is 9.12. The number of hydrogen-bond donors (Lipinski definition) is 1. The average molecular weight is 265 g/mol. The highest BCUT2D eigenvalue weighted by atomic mass is 35.5. The number of halogens is 2. The number of benzene rings is 1. The summed E-state index contributed by atoms with van der Waals surface area (Å²) in [7, 11) is 0. The van der Waals surface area contributed by atoms with E-state index in [-0.39, 0.29) is 18.1 Å². The lowest BCUT2D eigenvalue weighted by Crippen LogP contribution is -2.14. The lowest BCUT2D eigenvalue weighted by molar-refractivity contribution is -0.115.